The lowest BCUT2D eigenvalue weighted by Gasteiger charge is -2.41. The molecule has 4 rings (SSSR count). The molecule has 1 N–H and O–H groups in total. The maximum absolute atomic E-state index is 13.1. The zero-order valence-electron chi connectivity index (χ0n) is 17.5. The standard InChI is InChI=1S/C23H32FN3O3/c24-19-9-7-18(8-10-19)23(29)27-13-11-26(12-14-27)21(17-4-1-2-5-17)22(28)25-16-20-6-3-15-30-20/h7-10,17,20-21H,1-6,11-16H2,(H,25,28). The molecule has 3 fully saturated rings. The molecule has 2 saturated heterocycles. The van der Waals surface area contributed by atoms with Crippen LogP contribution in [-0.2, 0) is 9.53 Å². The van der Waals surface area contributed by atoms with Crippen LogP contribution in [0.3, 0.4) is 0 Å². The van der Waals surface area contributed by atoms with Crippen LogP contribution in [0.15, 0.2) is 24.3 Å². The van der Waals surface area contributed by atoms with Crippen molar-refractivity contribution in [3.63, 3.8) is 0 Å². The Kier molecular flexibility index (Phi) is 7.00. The van der Waals surface area contributed by atoms with Crippen molar-refractivity contribution in [3.05, 3.63) is 35.6 Å². The molecule has 1 saturated carbocycles. The Balaban J connectivity index is 1.35. The molecule has 30 heavy (non-hydrogen) atoms. The Labute approximate surface area is 177 Å². The third kappa shape index (κ3) is 5.01. The van der Waals surface area contributed by atoms with E-state index in [4.69, 9.17) is 4.74 Å². The molecule has 0 bridgehead atoms. The van der Waals surface area contributed by atoms with Gasteiger partial charge in [0, 0.05) is 44.9 Å². The molecule has 0 aromatic heterocycles. The minimum absolute atomic E-state index is 0.0742. The van der Waals surface area contributed by atoms with Gasteiger partial charge in [-0.2, -0.15) is 0 Å². The molecule has 2 atom stereocenters. The van der Waals surface area contributed by atoms with Crippen molar-refractivity contribution in [3.8, 4) is 0 Å². The Morgan fingerprint density at radius 3 is 2.37 bits per heavy atom. The first-order valence-electron chi connectivity index (χ1n) is 11.3. The van der Waals surface area contributed by atoms with E-state index in [1.807, 2.05) is 0 Å². The molecular formula is C23H32FN3O3. The van der Waals surface area contributed by atoms with Crippen molar-refractivity contribution in [1.82, 2.24) is 15.1 Å². The fourth-order valence-electron chi connectivity index (χ4n) is 5.05. The van der Waals surface area contributed by atoms with Crippen LogP contribution in [0.2, 0.25) is 0 Å². The molecule has 2 aliphatic heterocycles. The van der Waals surface area contributed by atoms with Crippen molar-refractivity contribution >= 4 is 11.8 Å². The largest absolute Gasteiger partial charge is 0.376 e. The van der Waals surface area contributed by atoms with Crippen LogP contribution in [0, 0.1) is 11.7 Å². The third-order valence-electron chi connectivity index (χ3n) is 6.73. The molecule has 1 aromatic rings. The van der Waals surface area contributed by atoms with Crippen LogP contribution in [0.25, 0.3) is 0 Å². The summed E-state index contributed by atoms with van der Waals surface area (Å²) in [6, 6.07) is 5.57. The normalized spacial score (nSPS) is 24.2. The van der Waals surface area contributed by atoms with Crippen molar-refractivity contribution in [1.29, 1.82) is 0 Å². The van der Waals surface area contributed by atoms with Crippen molar-refractivity contribution in [2.24, 2.45) is 5.92 Å². The molecule has 1 aliphatic carbocycles. The Hall–Kier alpha value is -1.99. The van der Waals surface area contributed by atoms with E-state index >= 15 is 0 Å². The van der Waals surface area contributed by atoms with Gasteiger partial charge in [0.1, 0.15) is 5.82 Å². The van der Waals surface area contributed by atoms with Gasteiger partial charge in [0.15, 0.2) is 0 Å². The number of hydrogen-bond acceptors (Lipinski definition) is 4. The summed E-state index contributed by atoms with van der Waals surface area (Å²) in [7, 11) is 0. The second-order valence-electron chi connectivity index (χ2n) is 8.70. The highest BCUT2D eigenvalue weighted by atomic mass is 19.1. The summed E-state index contributed by atoms with van der Waals surface area (Å²) in [4.78, 5) is 29.9. The zero-order chi connectivity index (χ0) is 20.9. The predicted molar refractivity (Wildman–Crippen MR) is 112 cm³/mol. The maximum atomic E-state index is 13.1. The van der Waals surface area contributed by atoms with Crippen LogP contribution in [-0.4, -0.2) is 73.1 Å². The number of carbonyl (C=O) groups is 2. The van der Waals surface area contributed by atoms with E-state index < -0.39 is 0 Å². The summed E-state index contributed by atoms with van der Waals surface area (Å²) >= 11 is 0. The van der Waals surface area contributed by atoms with Crippen molar-refractivity contribution in [2.75, 3.05) is 39.3 Å². The Morgan fingerprint density at radius 1 is 1.03 bits per heavy atom. The highest BCUT2D eigenvalue weighted by Gasteiger charge is 2.37. The fourth-order valence-corrected chi connectivity index (χ4v) is 5.05. The zero-order valence-corrected chi connectivity index (χ0v) is 17.5. The van der Waals surface area contributed by atoms with Gasteiger partial charge in [-0.1, -0.05) is 12.8 Å². The van der Waals surface area contributed by atoms with Crippen LogP contribution in [0.1, 0.15) is 48.9 Å². The first kappa shape index (κ1) is 21.2. The monoisotopic (exact) mass is 417 g/mol. The highest BCUT2D eigenvalue weighted by molar-refractivity contribution is 5.94. The number of rotatable bonds is 6. The van der Waals surface area contributed by atoms with Crippen LogP contribution < -0.4 is 5.32 Å². The number of benzene rings is 1. The lowest BCUT2D eigenvalue weighted by molar-refractivity contribution is -0.129. The summed E-state index contributed by atoms with van der Waals surface area (Å²) in [5, 5.41) is 3.14. The molecule has 2 amide bonds. The molecule has 164 valence electrons. The van der Waals surface area contributed by atoms with E-state index in [-0.39, 0.29) is 29.8 Å². The van der Waals surface area contributed by atoms with E-state index in [1.165, 1.54) is 37.1 Å². The molecule has 2 unspecified atom stereocenters. The minimum atomic E-state index is -0.343. The Bertz CT molecular complexity index is 722. The summed E-state index contributed by atoms with van der Waals surface area (Å²) in [5.74, 6) is 0.0734. The second-order valence-corrected chi connectivity index (χ2v) is 8.70. The number of halogens is 1. The van der Waals surface area contributed by atoms with Gasteiger partial charge in [-0.05, 0) is 55.9 Å². The number of carbonyl (C=O) groups excluding carboxylic acids is 2. The van der Waals surface area contributed by atoms with Gasteiger partial charge < -0.3 is 15.0 Å². The number of amides is 2. The quantitative estimate of drug-likeness (QED) is 0.772. The smallest absolute Gasteiger partial charge is 0.253 e. The van der Waals surface area contributed by atoms with E-state index in [1.54, 1.807) is 4.90 Å². The molecule has 7 heteroatoms. The van der Waals surface area contributed by atoms with E-state index in [9.17, 15) is 14.0 Å². The molecular weight excluding hydrogens is 385 g/mol. The molecule has 2 heterocycles. The number of nitrogens with one attached hydrogen (secondary N) is 1. The van der Waals surface area contributed by atoms with E-state index in [0.29, 0.717) is 44.2 Å². The third-order valence-corrected chi connectivity index (χ3v) is 6.73. The maximum Gasteiger partial charge on any atom is 0.253 e. The van der Waals surface area contributed by atoms with Gasteiger partial charge in [0.05, 0.1) is 12.1 Å². The van der Waals surface area contributed by atoms with Gasteiger partial charge in [-0.25, -0.2) is 4.39 Å². The SMILES string of the molecule is O=C(NCC1CCCO1)C(C1CCCC1)N1CCN(C(=O)c2ccc(F)cc2)CC1. The van der Waals surface area contributed by atoms with Gasteiger partial charge in [0.25, 0.3) is 5.91 Å². The number of hydrogen-bond donors (Lipinski definition) is 1. The molecule has 0 spiro atoms. The van der Waals surface area contributed by atoms with Gasteiger partial charge in [-0.15, -0.1) is 0 Å². The molecule has 6 nitrogen and oxygen atoms in total. The van der Waals surface area contributed by atoms with Gasteiger partial charge >= 0.3 is 0 Å². The van der Waals surface area contributed by atoms with Crippen LogP contribution >= 0.6 is 0 Å². The van der Waals surface area contributed by atoms with Crippen molar-refractivity contribution in [2.45, 2.75) is 50.7 Å². The van der Waals surface area contributed by atoms with Gasteiger partial charge in [0.2, 0.25) is 5.91 Å². The predicted octanol–water partition coefficient (Wildman–Crippen LogP) is 2.44. The average molecular weight is 418 g/mol. The minimum Gasteiger partial charge on any atom is -0.376 e. The average Bonchev–Trinajstić information content (AvgIpc) is 3.48. The summed E-state index contributed by atoms with van der Waals surface area (Å²) < 4.78 is 18.8. The summed E-state index contributed by atoms with van der Waals surface area (Å²) in [5.41, 5.74) is 0.506. The van der Waals surface area contributed by atoms with Crippen molar-refractivity contribution < 1.29 is 18.7 Å². The number of ether oxygens (including phenoxy) is 1. The van der Waals surface area contributed by atoms with Gasteiger partial charge in [-0.3, -0.25) is 14.5 Å². The van der Waals surface area contributed by atoms with Crippen LogP contribution in [0.4, 0.5) is 4.39 Å². The number of nitrogens with zero attached hydrogens (tertiary/aromatic N) is 2. The second kappa shape index (κ2) is 9.88. The van der Waals surface area contributed by atoms with E-state index in [2.05, 4.69) is 10.2 Å². The molecule has 0 radical (unpaired) electrons. The summed E-state index contributed by atoms with van der Waals surface area (Å²) in [6.45, 7) is 3.90. The lowest BCUT2D eigenvalue weighted by atomic mass is 9.94. The Morgan fingerprint density at radius 2 is 1.73 bits per heavy atom. The summed E-state index contributed by atoms with van der Waals surface area (Å²) in [6.07, 6.45) is 6.77. The van der Waals surface area contributed by atoms with Crippen LogP contribution in [0.5, 0.6) is 0 Å². The topological polar surface area (TPSA) is 61.9 Å². The van der Waals surface area contributed by atoms with E-state index in [0.717, 1.165) is 32.3 Å². The fraction of sp³-hybridized carbons (Fsp3) is 0.652. The lowest BCUT2D eigenvalue weighted by Crippen LogP contribution is -2.58. The highest BCUT2D eigenvalue weighted by Crippen LogP contribution is 2.31. The first-order chi connectivity index (χ1) is 14.6. The number of piperazine rings is 1. The first-order valence-corrected chi connectivity index (χ1v) is 11.3. The molecule has 3 aliphatic rings. The molecule has 1 aromatic carbocycles.